The fraction of sp³-hybridized carbons (Fsp3) is 0.333. The average molecular weight is 470 g/mol. The number of alkyl halides is 2. The summed E-state index contributed by atoms with van der Waals surface area (Å²) in [4.78, 5) is 24.8. The Balaban J connectivity index is 1.50. The SMILES string of the molecule is CC(F)(F)c1cc(CN(c2ncnc(NCc3ccc(CC(N)=O)cc3)c2F)C2CC2)ccn1. The number of benzene rings is 1. The van der Waals surface area contributed by atoms with E-state index in [9.17, 15) is 13.6 Å². The smallest absolute Gasteiger partial charge is 0.286 e. The molecule has 2 heterocycles. The number of primary amides is 1. The molecule has 0 atom stereocenters. The molecule has 2 aromatic heterocycles. The number of hydrogen-bond acceptors (Lipinski definition) is 6. The van der Waals surface area contributed by atoms with Gasteiger partial charge >= 0.3 is 0 Å². The molecule has 34 heavy (non-hydrogen) atoms. The minimum atomic E-state index is -3.06. The minimum absolute atomic E-state index is 0.0485. The van der Waals surface area contributed by atoms with Crippen LogP contribution in [0.2, 0.25) is 0 Å². The van der Waals surface area contributed by atoms with Gasteiger partial charge in [0.15, 0.2) is 11.6 Å². The molecule has 1 fully saturated rings. The van der Waals surface area contributed by atoms with Crippen LogP contribution in [0.15, 0.2) is 48.9 Å². The van der Waals surface area contributed by atoms with Crippen molar-refractivity contribution in [1.82, 2.24) is 15.0 Å². The van der Waals surface area contributed by atoms with Gasteiger partial charge in [-0.1, -0.05) is 24.3 Å². The summed E-state index contributed by atoms with van der Waals surface area (Å²) in [6.07, 6.45) is 4.51. The van der Waals surface area contributed by atoms with Crippen molar-refractivity contribution in [1.29, 1.82) is 0 Å². The third kappa shape index (κ3) is 5.81. The van der Waals surface area contributed by atoms with E-state index in [1.54, 1.807) is 23.1 Å². The van der Waals surface area contributed by atoms with Crippen molar-refractivity contribution in [2.45, 2.75) is 51.2 Å². The standard InChI is InChI=1S/C24H25F3N6O/c1-24(26,27)19-10-17(8-9-29-19)13-33(18-6-7-18)23-21(25)22(31-14-32-23)30-12-16-4-2-15(3-5-16)11-20(28)34/h2-5,8-10,14,18H,6-7,11-13H2,1H3,(H2,28,34)(H,30,31,32). The Hall–Kier alpha value is -3.69. The van der Waals surface area contributed by atoms with E-state index in [4.69, 9.17) is 5.73 Å². The Kier molecular flexibility index (Phi) is 6.67. The molecule has 0 radical (unpaired) electrons. The Bertz CT molecular complexity index is 1160. The molecular formula is C24H25F3N6O. The van der Waals surface area contributed by atoms with E-state index in [0.717, 1.165) is 30.9 Å². The summed E-state index contributed by atoms with van der Waals surface area (Å²) in [6.45, 7) is 1.34. The number of halogens is 3. The van der Waals surface area contributed by atoms with Gasteiger partial charge in [0.2, 0.25) is 11.7 Å². The van der Waals surface area contributed by atoms with Crippen LogP contribution in [0.1, 0.15) is 42.1 Å². The number of nitrogens with one attached hydrogen (secondary N) is 1. The van der Waals surface area contributed by atoms with Crippen molar-refractivity contribution in [2.75, 3.05) is 10.2 Å². The van der Waals surface area contributed by atoms with Gasteiger partial charge in [-0.05, 0) is 41.7 Å². The van der Waals surface area contributed by atoms with Crippen molar-refractivity contribution in [3.05, 3.63) is 77.1 Å². The highest BCUT2D eigenvalue weighted by Crippen LogP contribution is 2.35. The second-order valence-corrected chi connectivity index (χ2v) is 8.47. The first kappa shape index (κ1) is 23.5. The highest BCUT2D eigenvalue weighted by Gasteiger charge is 2.33. The molecule has 0 spiro atoms. The zero-order chi connectivity index (χ0) is 24.3. The minimum Gasteiger partial charge on any atom is -0.369 e. The Morgan fingerprint density at radius 2 is 1.82 bits per heavy atom. The lowest BCUT2D eigenvalue weighted by Gasteiger charge is -2.25. The van der Waals surface area contributed by atoms with Gasteiger partial charge in [-0.15, -0.1) is 0 Å². The van der Waals surface area contributed by atoms with Crippen LogP contribution >= 0.6 is 0 Å². The Labute approximate surface area is 195 Å². The number of amides is 1. The quantitative estimate of drug-likeness (QED) is 0.466. The van der Waals surface area contributed by atoms with Gasteiger partial charge in [0.1, 0.15) is 12.0 Å². The largest absolute Gasteiger partial charge is 0.369 e. The molecule has 0 aliphatic heterocycles. The molecule has 0 bridgehead atoms. The van der Waals surface area contributed by atoms with Crippen LogP contribution < -0.4 is 16.0 Å². The monoisotopic (exact) mass is 470 g/mol. The predicted molar refractivity (Wildman–Crippen MR) is 122 cm³/mol. The molecule has 1 aliphatic rings. The molecule has 0 unspecified atom stereocenters. The number of nitrogens with zero attached hydrogens (tertiary/aromatic N) is 4. The second-order valence-electron chi connectivity index (χ2n) is 8.47. The summed E-state index contributed by atoms with van der Waals surface area (Å²) in [6, 6.07) is 10.3. The Morgan fingerprint density at radius 3 is 2.47 bits per heavy atom. The van der Waals surface area contributed by atoms with E-state index >= 15 is 4.39 Å². The lowest BCUT2D eigenvalue weighted by molar-refractivity contribution is -0.117. The van der Waals surface area contributed by atoms with E-state index in [0.29, 0.717) is 12.1 Å². The van der Waals surface area contributed by atoms with Crippen molar-refractivity contribution in [3.63, 3.8) is 0 Å². The van der Waals surface area contributed by atoms with Gasteiger partial charge < -0.3 is 16.0 Å². The molecule has 10 heteroatoms. The van der Waals surface area contributed by atoms with Crippen molar-refractivity contribution in [2.24, 2.45) is 5.73 Å². The van der Waals surface area contributed by atoms with E-state index < -0.39 is 17.6 Å². The van der Waals surface area contributed by atoms with Crippen molar-refractivity contribution >= 4 is 17.5 Å². The molecular weight excluding hydrogens is 445 g/mol. The zero-order valence-electron chi connectivity index (χ0n) is 18.6. The van der Waals surface area contributed by atoms with Crippen LogP contribution in [0.5, 0.6) is 0 Å². The summed E-state index contributed by atoms with van der Waals surface area (Å²) in [5.41, 5.74) is 7.15. The van der Waals surface area contributed by atoms with E-state index in [2.05, 4.69) is 20.3 Å². The first-order valence-corrected chi connectivity index (χ1v) is 10.9. The zero-order valence-corrected chi connectivity index (χ0v) is 18.6. The third-order valence-electron chi connectivity index (χ3n) is 5.52. The number of nitrogens with two attached hydrogens (primary N) is 1. The maximum atomic E-state index is 15.4. The molecule has 0 saturated heterocycles. The second kappa shape index (κ2) is 9.66. The van der Waals surface area contributed by atoms with Gasteiger partial charge in [-0.2, -0.15) is 13.2 Å². The number of aromatic nitrogens is 3. The van der Waals surface area contributed by atoms with Crippen LogP contribution in [0.25, 0.3) is 0 Å². The number of carbonyl (C=O) groups is 1. The molecule has 1 aliphatic carbocycles. The van der Waals surface area contributed by atoms with Crippen molar-refractivity contribution in [3.8, 4) is 0 Å². The highest BCUT2D eigenvalue weighted by molar-refractivity contribution is 5.76. The van der Waals surface area contributed by atoms with Gasteiger partial charge in [-0.25, -0.2) is 9.97 Å². The lowest BCUT2D eigenvalue weighted by Crippen LogP contribution is -2.28. The first-order valence-electron chi connectivity index (χ1n) is 10.9. The van der Waals surface area contributed by atoms with Crippen LogP contribution in [0.3, 0.4) is 0 Å². The van der Waals surface area contributed by atoms with Crippen molar-refractivity contribution < 1.29 is 18.0 Å². The van der Waals surface area contributed by atoms with Crippen LogP contribution in [-0.4, -0.2) is 26.9 Å². The average Bonchev–Trinajstić information content (AvgIpc) is 3.63. The lowest BCUT2D eigenvalue weighted by atomic mass is 10.1. The number of anilines is 2. The third-order valence-corrected chi connectivity index (χ3v) is 5.52. The number of carbonyl (C=O) groups excluding carboxylic acids is 1. The number of pyridine rings is 1. The molecule has 1 amide bonds. The summed E-state index contributed by atoms with van der Waals surface area (Å²) in [5, 5.41) is 2.98. The maximum Gasteiger partial charge on any atom is 0.286 e. The number of rotatable bonds is 10. The molecule has 7 nitrogen and oxygen atoms in total. The van der Waals surface area contributed by atoms with E-state index in [1.807, 2.05) is 12.1 Å². The van der Waals surface area contributed by atoms with Crippen LogP contribution in [-0.2, 0) is 30.2 Å². The molecule has 3 N–H and O–H groups in total. The van der Waals surface area contributed by atoms with Gasteiger partial charge in [0.05, 0.1) is 6.42 Å². The normalized spacial score (nSPS) is 13.5. The summed E-state index contributed by atoms with van der Waals surface area (Å²) in [7, 11) is 0. The summed E-state index contributed by atoms with van der Waals surface area (Å²) >= 11 is 0. The first-order chi connectivity index (χ1) is 16.2. The molecule has 178 valence electrons. The van der Waals surface area contributed by atoms with Gasteiger partial charge in [0, 0.05) is 32.3 Å². The van der Waals surface area contributed by atoms with Gasteiger partial charge in [-0.3, -0.25) is 9.78 Å². The fourth-order valence-electron chi connectivity index (χ4n) is 3.62. The molecule has 1 aromatic carbocycles. The van der Waals surface area contributed by atoms with Gasteiger partial charge in [0.25, 0.3) is 5.92 Å². The summed E-state index contributed by atoms with van der Waals surface area (Å²) < 4.78 is 42.8. The predicted octanol–water partition coefficient (Wildman–Crippen LogP) is 3.93. The fourth-order valence-corrected chi connectivity index (χ4v) is 3.62. The Morgan fingerprint density at radius 1 is 1.12 bits per heavy atom. The topological polar surface area (TPSA) is 97.0 Å². The molecule has 4 rings (SSSR count). The highest BCUT2D eigenvalue weighted by atomic mass is 19.3. The van der Waals surface area contributed by atoms with E-state index in [1.165, 1.54) is 18.6 Å². The van der Waals surface area contributed by atoms with Crippen LogP contribution in [0.4, 0.5) is 24.8 Å². The molecule has 1 saturated carbocycles. The maximum absolute atomic E-state index is 15.4. The number of hydrogen-bond donors (Lipinski definition) is 2. The molecule has 3 aromatic rings. The summed E-state index contributed by atoms with van der Waals surface area (Å²) in [5.74, 6) is -3.90. The van der Waals surface area contributed by atoms with E-state index in [-0.39, 0.29) is 36.3 Å². The van der Waals surface area contributed by atoms with Crippen LogP contribution in [0, 0.1) is 5.82 Å².